The van der Waals surface area contributed by atoms with Crippen LogP contribution in [0, 0.1) is 13.8 Å². The van der Waals surface area contributed by atoms with E-state index in [2.05, 4.69) is 0 Å². The van der Waals surface area contributed by atoms with E-state index in [1.54, 1.807) is 12.1 Å². The van der Waals surface area contributed by atoms with Crippen molar-refractivity contribution >= 4 is 6.29 Å². The minimum Gasteiger partial charge on any atom is -0.493 e. The van der Waals surface area contributed by atoms with Crippen molar-refractivity contribution in [1.29, 1.82) is 0 Å². The van der Waals surface area contributed by atoms with Crippen molar-refractivity contribution in [1.82, 2.24) is 0 Å². The maximum atomic E-state index is 11.1. The van der Waals surface area contributed by atoms with Gasteiger partial charge in [0.2, 0.25) is 5.75 Å². The summed E-state index contributed by atoms with van der Waals surface area (Å²) in [7, 11) is 1.54. The summed E-state index contributed by atoms with van der Waals surface area (Å²) in [5.74, 6) is 2.17. The summed E-state index contributed by atoms with van der Waals surface area (Å²) in [6, 6.07) is 9.25. The van der Waals surface area contributed by atoms with Crippen LogP contribution in [0.1, 0.15) is 28.4 Å². The van der Waals surface area contributed by atoms with Gasteiger partial charge in [0.15, 0.2) is 11.5 Å². The molecule has 2 aromatic carbocycles. The van der Waals surface area contributed by atoms with Crippen LogP contribution in [0.15, 0.2) is 30.3 Å². The summed E-state index contributed by atoms with van der Waals surface area (Å²) in [6.45, 7) is 6.32. The second kappa shape index (κ2) is 6.98. The molecule has 0 bridgehead atoms. The lowest BCUT2D eigenvalue weighted by molar-refractivity contribution is 0.112. The second-order valence-corrected chi connectivity index (χ2v) is 4.97. The molecule has 0 fully saturated rings. The topological polar surface area (TPSA) is 44.8 Å². The van der Waals surface area contributed by atoms with Crippen molar-refractivity contribution in [3.63, 3.8) is 0 Å². The lowest BCUT2D eigenvalue weighted by Crippen LogP contribution is -2.00. The van der Waals surface area contributed by atoms with Crippen molar-refractivity contribution in [2.75, 3.05) is 13.7 Å². The van der Waals surface area contributed by atoms with E-state index in [0.29, 0.717) is 29.4 Å². The number of rotatable bonds is 6. The van der Waals surface area contributed by atoms with Gasteiger partial charge >= 0.3 is 0 Å². The van der Waals surface area contributed by atoms with Gasteiger partial charge in [0.25, 0.3) is 0 Å². The van der Waals surface area contributed by atoms with Crippen LogP contribution >= 0.6 is 0 Å². The van der Waals surface area contributed by atoms with Crippen LogP contribution in [0.5, 0.6) is 23.0 Å². The Morgan fingerprint density at radius 2 is 1.77 bits per heavy atom. The highest BCUT2D eigenvalue weighted by molar-refractivity contribution is 5.78. The van der Waals surface area contributed by atoms with Crippen LogP contribution in [0.3, 0.4) is 0 Å². The third-order valence-corrected chi connectivity index (χ3v) is 3.25. The van der Waals surface area contributed by atoms with Gasteiger partial charge in [-0.1, -0.05) is 12.1 Å². The number of benzene rings is 2. The molecule has 0 aliphatic carbocycles. The van der Waals surface area contributed by atoms with Gasteiger partial charge in [-0.05, 0) is 50.1 Å². The molecule has 0 saturated heterocycles. The van der Waals surface area contributed by atoms with Gasteiger partial charge in [0.1, 0.15) is 12.0 Å². The monoisotopic (exact) mass is 300 g/mol. The van der Waals surface area contributed by atoms with E-state index in [9.17, 15) is 4.79 Å². The number of hydrogen-bond donors (Lipinski definition) is 0. The Morgan fingerprint density at radius 3 is 2.41 bits per heavy atom. The number of carbonyl (C=O) groups is 1. The van der Waals surface area contributed by atoms with Crippen molar-refractivity contribution in [3.8, 4) is 23.0 Å². The van der Waals surface area contributed by atoms with Gasteiger partial charge in [-0.3, -0.25) is 4.79 Å². The molecule has 0 atom stereocenters. The number of ether oxygens (including phenoxy) is 3. The molecule has 0 aromatic heterocycles. The van der Waals surface area contributed by atoms with Gasteiger partial charge in [0.05, 0.1) is 13.7 Å². The molecule has 0 saturated carbocycles. The molecule has 0 heterocycles. The molecule has 4 heteroatoms. The molecule has 0 aliphatic heterocycles. The average molecular weight is 300 g/mol. The average Bonchev–Trinajstić information content (AvgIpc) is 2.52. The Labute approximate surface area is 130 Å². The number of hydrogen-bond acceptors (Lipinski definition) is 4. The Morgan fingerprint density at radius 1 is 1.05 bits per heavy atom. The van der Waals surface area contributed by atoms with E-state index >= 15 is 0 Å². The predicted molar refractivity (Wildman–Crippen MR) is 85.5 cm³/mol. The molecule has 0 radical (unpaired) electrons. The molecule has 0 aliphatic rings. The first-order chi connectivity index (χ1) is 10.6. The summed E-state index contributed by atoms with van der Waals surface area (Å²) in [5, 5.41) is 0. The maximum absolute atomic E-state index is 11.1. The fraction of sp³-hybridized carbons (Fsp3) is 0.278. The van der Waals surface area contributed by atoms with Crippen molar-refractivity contribution < 1.29 is 19.0 Å². The quantitative estimate of drug-likeness (QED) is 0.745. The Kier molecular flexibility index (Phi) is 5.04. The predicted octanol–water partition coefficient (Wildman–Crippen LogP) is 4.32. The van der Waals surface area contributed by atoms with Crippen LogP contribution in [0.4, 0.5) is 0 Å². The highest BCUT2D eigenvalue weighted by Crippen LogP contribution is 2.41. The first kappa shape index (κ1) is 15.9. The molecule has 116 valence electrons. The molecule has 2 rings (SSSR count). The van der Waals surface area contributed by atoms with Crippen LogP contribution in [-0.2, 0) is 0 Å². The number of carbonyl (C=O) groups excluding carboxylic acids is 1. The second-order valence-electron chi connectivity index (χ2n) is 4.97. The van der Waals surface area contributed by atoms with Crippen LogP contribution in [-0.4, -0.2) is 20.0 Å². The lowest BCUT2D eigenvalue weighted by atomic mass is 10.1. The van der Waals surface area contributed by atoms with E-state index in [1.807, 2.05) is 39.0 Å². The Hall–Kier alpha value is -2.49. The van der Waals surface area contributed by atoms with E-state index in [-0.39, 0.29) is 0 Å². The van der Waals surface area contributed by atoms with Gasteiger partial charge in [-0.25, -0.2) is 0 Å². The fourth-order valence-electron chi connectivity index (χ4n) is 2.11. The maximum Gasteiger partial charge on any atom is 0.204 e. The Bertz CT molecular complexity index is 677. The third kappa shape index (κ3) is 3.39. The number of aldehydes is 1. The zero-order valence-electron chi connectivity index (χ0n) is 13.3. The summed E-state index contributed by atoms with van der Waals surface area (Å²) >= 11 is 0. The third-order valence-electron chi connectivity index (χ3n) is 3.25. The fourth-order valence-corrected chi connectivity index (χ4v) is 2.11. The van der Waals surface area contributed by atoms with Gasteiger partial charge < -0.3 is 14.2 Å². The molecule has 0 amide bonds. The summed E-state index contributed by atoms with van der Waals surface area (Å²) in [6.07, 6.45) is 0.758. The van der Waals surface area contributed by atoms with Gasteiger partial charge in [0, 0.05) is 5.56 Å². The molecule has 22 heavy (non-hydrogen) atoms. The normalized spacial score (nSPS) is 10.2. The summed E-state index contributed by atoms with van der Waals surface area (Å²) < 4.78 is 16.9. The molecule has 0 unspecified atom stereocenters. The minimum absolute atomic E-state index is 0.469. The van der Waals surface area contributed by atoms with Crippen LogP contribution in [0.25, 0.3) is 0 Å². The molecule has 2 aromatic rings. The van der Waals surface area contributed by atoms with Crippen LogP contribution < -0.4 is 14.2 Å². The Balaban J connectivity index is 2.52. The zero-order chi connectivity index (χ0) is 16.1. The number of methoxy groups -OCH3 is 1. The van der Waals surface area contributed by atoms with E-state index in [0.717, 1.165) is 23.2 Å². The van der Waals surface area contributed by atoms with Crippen LogP contribution in [0.2, 0.25) is 0 Å². The smallest absolute Gasteiger partial charge is 0.204 e. The van der Waals surface area contributed by atoms with E-state index < -0.39 is 0 Å². The molecule has 4 nitrogen and oxygen atoms in total. The largest absolute Gasteiger partial charge is 0.493 e. The standard InChI is InChI=1S/C18H20O4/c1-5-21-18-16(20-4)9-14(11-19)10-17(18)22-15-8-12(2)6-7-13(15)3/h6-11H,5H2,1-4H3. The lowest BCUT2D eigenvalue weighted by Gasteiger charge is -2.16. The zero-order valence-corrected chi connectivity index (χ0v) is 13.3. The summed E-state index contributed by atoms with van der Waals surface area (Å²) in [4.78, 5) is 11.1. The highest BCUT2D eigenvalue weighted by Gasteiger charge is 2.16. The molecule has 0 N–H and O–H groups in total. The highest BCUT2D eigenvalue weighted by atomic mass is 16.5. The molecular weight excluding hydrogens is 280 g/mol. The van der Waals surface area contributed by atoms with E-state index in [1.165, 1.54) is 7.11 Å². The first-order valence-electron chi connectivity index (χ1n) is 7.14. The van der Waals surface area contributed by atoms with Gasteiger partial charge in [-0.15, -0.1) is 0 Å². The SMILES string of the molecule is CCOc1c(OC)cc(C=O)cc1Oc1cc(C)ccc1C. The van der Waals surface area contributed by atoms with Crippen molar-refractivity contribution in [2.24, 2.45) is 0 Å². The van der Waals surface area contributed by atoms with Crippen molar-refractivity contribution in [2.45, 2.75) is 20.8 Å². The van der Waals surface area contributed by atoms with E-state index in [4.69, 9.17) is 14.2 Å². The summed E-state index contributed by atoms with van der Waals surface area (Å²) in [5.41, 5.74) is 2.57. The van der Waals surface area contributed by atoms with Gasteiger partial charge in [-0.2, -0.15) is 0 Å². The minimum atomic E-state index is 0.469. The first-order valence-corrected chi connectivity index (χ1v) is 7.14. The molecule has 0 spiro atoms. The molecular formula is C18H20O4. The number of aryl methyl sites for hydroxylation is 2. The van der Waals surface area contributed by atoms with Crippen molar-refractivity contribution in [3.05, 3.63) is 47.0 Å².